The molecule has 0 saturated heterocycles. The number of hydrogen-bond acceptors (Lipinski definition) is 4. The molecule has 0 spiro atoms. The van der Waals surface area contributed by atoms with Gasteiger partial charge >= 0.3 is 0 Å². The van der Waals surface area contributed by atoms with Gasteiger partial charge in [0.25, 0.3) is 0 Å². The van der Waals surface area contributed by atoms with Gasteiger partial charge in [0.05, 0.1) is 11.7 Å². The van der Waals surface area contributed by atoms with Crippen molar-refractivity contribution in [2.45, 2.75) is 13.3 Å². The second-order valence-corrected chi connectivity index (χ2v) is 4.16. The fourth-order valence-electron chi connectivity index (χ4n) is 1.43. The van der Waals surface area contributed by atoms with E-state index in [0.717, 1.165) is 24.2 Å². The van der Waals surface area contributed by atoms with Crippen LogP contribution in [0.2, 0.25) is 0 Å². The predicted molar refractivity (Wildman–Crippen MR) is 64.0 cm³/mol. The molecule has 7 heteroatoms. The molecule has 1 N–H and O–H groups in total. The van der Waals surface area contributed by atoms with E-state index in [9.17, 15) is 13.2 Å². The van der Waals surface area contributed by atoms with Crippen LogP contribution >= 0.6 is 11.7 Å². The molecule has 0 aliphatic carbocycles. The van der Waals surface area contributed by atoms with Crippen LogP contribution in [0, 0.1) is 17.5 Å². The van der Waals surface area contributed by atoms with Gasteiger partial charge in [-0.3, -0.25) is 0 Å². The van der Waals surface area contributed by atoms with Gasteiger partial charge in [-0.2, -0.15) is 8.75 Å². The highest BCUT2D eigenvalue weighted by atomic mass is 32.1. The lowest BCUT2D eigenvalue weighted by Crippen LogP contribution is -2.02. The Labute approximate surface area is 106 Å². The average molecular weight is 273 g/mol. The quantitative estimate of drug-likeness (QED) is 0.867. The zero-order valence-corrected chi connectivity index (χ0v) is 10.3. The molecule has 0 saturated carbocycles. The van der Waals surface area contributed by atoms with Gasteiger partial charge in [-0.05, 0) is 12.5 Å². The molecule has 0 aliphatic heterocycles. The molecular formula is C11H10F3N3S. The smallest absolute Gasteiger partial charge is 0.168 e. The Hall–Kier alpha value is -1.63. The molecule has 96 valence electrons. The molecule has 0 radical (unpaired) electrons. The number of benzene rings is 1. The number of nitrogens with zero attached hydrogens (tertiary/aromatic N) is 2. The van der Waals surface area contributed by atoms with Gasteiger partial charge in [0.15, 0.2) is 17.5 Å². The summed E-state index contributed by atoms with van der Waals surface area (Å²) < 4.78 is 47.4. The number of rotatable bonds is 4. The van der Waals surface area contributed by atoms with Crippen LogP contribution in [0.4, 0.5) is 19.0 Å². The van der Waals surface area contributed by atoms with E-state index in [1.54, 1.807) is 0 Å². The molecule has 0 atom stereocenters. The highest BCUT2D eigenvalue weighted by Crippen LogP contribution is 2.29. The fourth-order valence-corrected chi connectivity index (χ4v) is 1.97. The van der Waals surface area contributed by atoms with Crippen molar-refractivity contribution in [2.75, 3.05) is 11.9 Å². The zero-order chi connectivity index (χ0) is 13.1. The van der Waals surface area contributed by atoms with Gasteiger partial charge < -0.3 is 5.32 Å². The molecular weight excluding hydrogens is 263 g/mol. The Bertz CT molecular complexity index is 556. The van der Waals surface area contributed by atoms with E-state index < -0.39 is 17.5 Å². The maximum Gasteiger partial charge on any atom is 0.168 e. The largest absolute Gasteiger partial charge is 0.367 e. The summed E-state index contributed by atoms with van der Waals surface area (Å²) >= 11 is 0.885. The Morgan fingerprint density at radius 3 is 2.56 bits per heavy atom. The van der Waals surface area contributed by atoms with E-state index in [1.165, 1.54) is 0 Å². The summed E-state index contributed by atoms with van der Waals surface area (Å²) in [6, 6.07) is 1.30. The average Bonchev–Trinajstić information content (AvgIpc) is 2.79. The Balaban J connectivity index is 2.42. The molecule has 0 aliphatic rings. The van der Waals surface area contributed by atoms with Crippen molar-refractivity contribution in [3.63, 3.8) is 0 Å². The number of anilines is 1. The SMILES string of the molecule is CCCNc1nsnc1-c1cc(F)c(F)cc1F. The minimum Gasteiger partial charge on any atom is -0.367 e. The molecule has 2 rings (SSSR count). The van der Waals surface area contributed by atoms with Crippen LogP contribution in [0.3, 0.4) is 0 Å². The molecule has 1 aromatic carbocycles. The number of halogens is 3. The van der Waals surface area contributed by atoms with Gasteiger partial charge in [0, 0.05) is 18.2 Å². The summed E-state index contributed by atoms with van der Waals surface area (Å²) in [4.78, 5) is 0. The van der Waals surface area contributed by atoms with Crippen LogP contribution in [0.25, 0.3) is 11.3 Å². The van der Waals surface area contributed by atoms with Gasteiger partial charge in [-0.25, -0.2) is 13.2 Å². The first-order chi connectivity index (χ1) is 8.63. The zero-order valence-electron chi connectivity index (χ0n) is 9.51. The van der Waals surface area contributed by atoms with E-state index in [0.29, 0.717) is 18.4 Å². The van der Waals surface area contributed by atoms with Crippen LogP contribution in [-0.4, -0.2) is 15.3 Å². The van der Waals surface area contributed by atoms with Crippen LogP contribution in [0.15, 0.2) is 12.1 Å². The third-order valence-corrected chi connectivity index (χ3v) is 2.82. The van der Waals surface area contributed by atoms with Gasteiger partial charge in [-0.1, -0.05) is 6.92 Å². The lowest BCUT2D eigenvalue weighted by molar-refractivity contribution is 0.496. The molecule has 0 amide bonds. The summed E-state index contributed by atoms with van der Waals surface area (Å²) in [5.41, 5.74) is 0.103. The van der Waals surface area contributed by atoms with Crippen molar-refractivity contribution in [3.05, 3.63) is 29.6 Å². The van der Waals surface area contributed by atoms with E-state index >= 15 is 0 Å². The van der Waals surface area contributed by atoms with Crippen LogP contribution < -0.4 is 5.32 Å². The second-order valence-electron chi connectivity index (χ2n) is 3.63. The topological polar surface area (TPSA) is 37.8 Å². The maximum absolute atomic E-state index is 13.6. The molecule has 0 bridgehead atoms. The van der Waals surface area contributed by atoms with Crippen molar-refractivity contribution in [1.82, 2.24) is 8.75 Å². The van der Waals surface area contributed by atoms with Gasteiger partial charge in [-0.15, -0.1) is 0 Å². The normalized spacial score (nSPS) is 10.7. The number of hydrogen-bond donors (Lipinski definition) is 1. The summed E-state index contributed by atoms with van der Waals surface area (Å²) in [7, 11) is 0. The molecule has 0 fully saturated rings. The molecule has 0 unspecified atom stereocenters. The monoisotopic (exact) mass is 273 g/mol. The van der Waals surface area contributed by atoms with Crippen LogP contribution in [0.5, 0.6) is 0 Å². The highest BCUT2D eigenvalue weighted by molar-refractivity contribution is 6.99. The summed E-state index contributed by atoms with van der Waals surface area (Å²) in [6.07, 6.45) is 0.858. The van der Waals surface area contributed by atoms with Crippen molar-refractivity contribution in [2.24, 2.45) is 0 Å². The first kappa shape index (κ1) is 12.8. The Morgan fingerprint density at radius 1 is 1.11 bits per heavy atom. The maximum atomic E-state index is 13.6. The third-order valence-electron chi connectivity index (χ3n) is 2.30. The van der Waals surface area contributed by atoms with Crippen molar-refractivity contribution >= 4 is 17.5 Å². The molecule has 2 aromatic rings. The fraction of sp³-hybridized carbons (Fsp3) is 0.273. The lowest BCUT2D eigenvalue weighted by Gasteiger charge is -2.05. The van der Waals surface area contributed by atoms with Crippen LogP contribution in [0.1, 0.15) is 13.3 Å². The first-order valence-corrected chi connectivity index (χ1v) is 6.07. The highest BCUT2D eigenvalue weighted by Gasteiger charge is 2.17. The minimum absolute atomic E-state index is 0.0961. The van der Waals surface area contributed by atoms with Crippen LogP contribution in [-0.2, 0) is 0 Å². The van der Waals surface area contributed by atoms with Crippen molar-refractivity contribution in [1.29, 1.82) is 0 Å². The standard InChI is InChI=1S/C11H10F3N3S/c1-2-3-15-11-10(16-18-17-11)6-4-8(13)9(14)5-7(6)12/h4-5H,2-3H2,1H3,(H,15,17). The minimum atomic E-state index is -1.22. The van der Waals surface area contributed by atoms with Crippen molar-refractivity contribution < 1.29 is 13.2 Å². The van der Waals surface area contributed by atoms with E-state index in [2.05, 4.69) is 14.1 Å². The molecule has 1 heterocycles. The first-order valence-electron chi connectivity index (χ1n) is 5.34. The molecule has 3 nitrogen and oxygen atoms in total. The second kappa shape index (κ2) is 5.34. The lowest BCUT2D eigenvalue weighted by atomic mass is 10.1. The summed E-state index contributed by atoms with van der Waals surface area (Å²) in [5.74, 6) is -2.81. The van der Waals surface area contributed by atoms with E-state index in [4.69, 9.17) is 0 Å². The Kier molecular flexibility index (Phi) is 3.81. The number of aromatic nitrogens is 2. The molecule has 1 aromatic heterocycles. The predicted octanol–water partition coefficient (Wildman–Crippen LogP) is 3.44. The third kappa shape index (κ3) is 2.45. The van der Waals surface area contributed by atoms with E-state index in [-0.39, 0.29) is 11.3 Å². The molecule has 18 heavy (non-hydrogen) atoms. The summed E-state index contributed by atoms with van der Waals surface area (Å²) in [6.45, 7) is 2.61. The van der Waals surface area contributed by atoms with E-state index in [1.807, 2.05) is 6.92 Å². The summed E-state index contributed by atoms with van der Waals surface area (Å²) in [5, 5.41) is 2.96. The van der Waals surface area contributed by atoms with Gasteiger partial charge in [0.2, 0.25) is 0 Å². The van der Waals surface area contributed by atoms with Crippen molar-refractivity contribution in [3.8, 4) is 11.3 Å². The van der Waals surface area contributed by atoms with Gasteiger partial charge in [0.1, 0.15) is 11.5 Å². The number of nitrogens with one attached hydrogen (secondary N) is 1. The Morgan fingerprint density at radius 2 is 1.83 bits per heavy atom.